The highest BCUT2D eigenvalue weighted by molar-refractivity contribution is 7.97. The van der Waals surface area contributed by atoms with Crippen LogP contribution in [0.5, 0.6) is 0 Å². The van der Waals surface area contributed by atoms with Crippen molar-refractivity contribution in [2.24, 2.45) is 5.92 Å². The van der Waals surface area contributed by atoms with Gasteiger partial charge in [-0.05, 0) is 117 Å². The van der Waals surface area contributed by atoms with Gasteiger partial charge in [0.15, 0.2) is 0 Å². The van der Waals surface area contributed by atoms with Crippen LogP contribution in [0.15, 0.2) is 47.4 Å². The summed E-state index contributed by atoms with van der Waals surface area (Å²) in [6.07, 6.45) is 5.76. The van der Waals surface area contributed by atoms with E-state index in [9.17, 15) is 8.78 Å². The summed E-state index contributed by atoms with van der Waals surface area (Å²) in [7, 11) is 4.15. The zero-order chi connectivity index (χ0) is 30.2. The lowest BCUT2D eigenvalue weighted by Gasteiger charge is -2.35. The van der Waals surface area contributed by atoms with Crippen molar-refractivity contribution in [3.63, 3.8) is 0 Å². The molecule has 1 saturated heterocycles. The van der Waals surface area contributed by atoms with Gasteiger partial charge in [0.25, 0.3) is 0 Å². The van der Waals surface area contributed by atoms with Crippen LogP contribution in [0, 0.1) is 5.92 Å². The lowest BCUT2D eigenvalue weighted by Crippen LogP contribution is -2.38. The number of anilines is 1. The Balaban J connectivity index is 1.22. The molecule has 0 radical (unpaired) electrons. The van der Waals surface area contributed by atoms with E-state index in [0.29, 0.717) is 18.8 Å². The number of benzene rings is 2. The second kappa shape index (κ2) is 16.0. The first-order chi connectivity index (χ1) is 20.7. The molecule has 238 valence electrons. The van der Waals surface area contributed by atoms with Crippen LogP contribution in [-0.4, -0.2) is 90.2 Å². The Morgan fingerprint density at radius 1 is 0.814 bits per heavy atom. The molecule has 0 aromatic heterocycles. The maximum atomic E-state index is 13.8. The molecular weight excluding hydrogens is 604 g/mol. The van der Waals surface area contributed by atoms with E-state index in [2.05, 4.69) is 73.2 Å². The van der Waals surface area contributed by atoms with Gasteiger partial charge >= 0.3 is 0 Å². The zero-order valence-electron chi connectivity index (χ0n) is 25.8. The number of nitrogens with zero attached hydrogens (tertiary/aromatic N) is 5. The molecule has 0 unspecified atom stereocenters. The normalized spacial score (nSPS) is 22.4. The molecule has 1 aliphatic carbocycles. The molecule has 3 aliphatic rings. The third-order valence-corrected chi connectivity index (χ3v) is 11.4. The van der Waals surface area contributed by atoms with Gasteiger partial charge in [0.1, 0.15) is 0 Å². The highest BCUT2D eigenvalue weighted by Crippen LogP contribution is 2.36. The van der Waals surface area contributed by atoms with Gasteiger partial charge in [0.05, 0.1) is 0 Å². The van der Waals surface area contributed by atoms with Crippen molar-refractivity contribution in [3.05, 3.63) is 58.6 Å². The predicted molar refractivity (Wildman–Crippen MR) is 180 cm³/mol. The van der Waals surface area contributed by atoms with Crippen molar-refractivity contribution in [1.82, 2.24) is 17.8 Å². The fraction of sp³-hybridized carbons (Fsp3) is 0.636. The maximum Gasteiger partial charge on any atom is 0.248 e. The lowest BCUT2D eigenvalue weighted by molar-refractivity contribution is -0.0489. The molecule has 43 heavy (non-hydrogen) atoms. The molecule has 5 rings (SSSR count). The first kappa shape index (κ1) is 33.3. The second-order valence-corrected chi connectivity index (χ2v) is 15.4. The summed E-state index contributed by atoms with van der Waals surface area (Å²) in [6.45, 7) is 9.12. The van der Waals surface area contributed by atoms with Gasteiger partial charge in [0, 0.05) is 100 Å². The SMILES string of the molecule is CN(C)c1ccc(SN2CCCN(CC3CCC(F)(F)CC3)CCCN(SN3CCc4cc(Cl)ccc4C3)CCC2)cc1. The van der Waals surface area contributed by atoms with Crippen LogP contribution in [0.3, 0.4) is 0 Å². The molecule has 0 bridgehead atoms. The van der Waals surface area contributed by atoms with Gasteiger partial charge in [-0.15, -0.1) is 0 Å². The van der Waals surface area contributed by atoms with Crippen molar-refractivity contribution >= 4 is 41.4 Å². The number of hydrogen-bond donors (Lipinski definition) is 0. The first-order valence-electron chi connectivity index (χ1n) is 16.0. The van der Waals surface area contributed by atoms with Crippen LogP contribution in [0.25, 0.3) is 0 Å². The predicted octanol–water partition coefficient (Wildman–Crippen LogP) is 7.95. The Labute approximate surface area is 271 Å². The molecule has 2 aromatic rings. The lowest BCUT2D eigenvalue weighted by atomic mass is 9.86. The van der Waals surface area contributed by atoms with E-state index in [-0.39, 0.29) is 12.8 Å². The van der Waals surface area contributed by atoms with Gasteiger partial charge in [-0.3, -0.25) is 0 Å². The van der Waals surface area contributed by atoms with E-state index in [1.54, 1.807) is 0 Å². The Morgan fingerprint density at radius 2 is 1.47 bits per heavy atom. The fourth-order valence-electron chi connectivity index (χ4n) is 6.39. The minimum absolute atomic E-state index is 0.0537. The Bertz CT molecular complexity index is 1140. The third kappa shape index (κ3) is 10.5. The van der Waals surface area contributed by atoms with Crippen LogP contribution in [0.2, 0.25) is 5.02 Å². The summed E-state index contributed by atoms with van der Waals surface area (Å²) in [5, 5.41) is 0.825. The standard InChI is InChI=1S/C33H48ClF2N5S2/c1-37(2)31-8-10-32(11-9-31)42-39-19-3-17-38(25-27-12-15-33(35,36)16-13-27)18-4-21-40(22-5-20-39)43-41-23-14-28-24-30(34)7-6-29(28)26-41/h6-11,24,27H,3-5,12-23,25-26H2,1-2H3. The topological polar surface area (TPSA) is 16.2 Å². The molecule has 0 spiro atoms. The van der Waals surface area contributed by atoms with E-state index in [4.69, 9.17) is 11.6 Å². The van der Waals surface area contributed by atoms with Gasteiger partial charge in [-0.2, -0.15) is 0 Å². The molecule has 0 amide bonds. The van der Waals surface area contributed by atoms with Crippen molar-refractivity contribution in [1.29, 1.82) is 0 Å². The highest BCUT2D eigenvalue weighted by atomic mass is 35.5. The summed E-state index contributed by atoms with van der Waals surface area (Å²) in [5.74, 6) is -2.07. The van der Waals surface area contributed by atoms with Gasteiger partial charge in [-0.1, -0.05) is 17.7 Å². The summed E-state index contributed by atoms with van der Waals surface area (Å²) in [4.78, 5) is 5.99. The van der Waals surface area contributed by atoms with Crippen molar-refractivity contribution in [3.8, 4) is 0 Å². The molecule has 2 heterocycles. The number of halogens is 3. The fourth-order valence-corrected chi connectivity index (χ4v) is 8.70. The van der Waals surface area contributed by atoms with Crippen molar-refractivity contribution in [2.75, 3.05) is 71.4 Å². The third-order valence-electron chi connectivity index (χ3n) is 8.90. The number of hydrogen-bond acceptors (Lipinski definition) is 7. The quantitative estimate of drug-likeness (QED) is 0.279. The molecule has 0 N–H and O–H groups in total. The van der Waals surface area contributed by atoms with Crippen LogP contribution in [0.1, 0.15) is 56.1 Å². The number of rotatable bonds is 7. The van der Waals surface area contributed by atoms with E-state index < -0.39 is 5.92 Å². The van der Waals surface area contributed by atoms with Gasteiger partial charge < -0.3 is 9.80 Å². The van der Waals surface area contributed by atoms with Crippen molar-refractivity contribution < 1.29 is 8.78 Å². The molecule has 1 saturated carbocycles. The van der Waals surface area contributed by atoms with Crippen LogP contribution < -0.4 is 4.90 Å². The van der Waals surface area contributed by atoms with Crippen LogP contribution >= 0.6 is 35.7 Å². The van der Waals surface area contributed by atoms with Crippen molar-refractivity contribution in [2.45, 2.75) is 68.7 Å². The van der Waals surface area contributed by atoms with E-state index in [1.807, 2.05) is 30.1 Å². The first-order valence-corrected chi connectivity index (χ1v) is 17.9. The van der Waals surface area contributed by atoms with E-state index in [1.165, 1.54) is 21.7 Å². The van der Waals surface area contributed by atoms with E-state index in [0.717, 1.165) is 89.6 Å². The highest BCUT2D eigenvalue weighted by Gasteiger charge is 2.35. The van der Waals surface area contributed by atoms with Gasteiger partial charge in [-0.25, -0.2) is 21.7 Å². The van der Waals surface area contributed by atoms with E-state index >= 15 is 0 Å². The number of fused-ring (bicyclic) bond motifs is 1. The summed E-state index contributed by atoms with van der Waals surface area (Å²) < 4.78 is 35.3. The summed E-state index contributed by atoms with van der Waals surface area (Å²) in [6, 6.07) is 15.1. The molecule has 5 nitrogen and oxygen atoms in total. The average molecular weight is 652 g/mol. The minimum atomic E-state index is -2.46. The van der Waals surface area contributed by atoms with Crippen LogP contribution in [0.4, 0.5) is 14.5 Å². The second-order valence-electron chi connectivity index (χ2n) is 12.6. The van der Waals surface area contributed by atoms with Crippen LogP contribution in [-0.2, 0) is 13.0 Å². The molecule has 2 fully saturated rings. The summed E-state index contributed by atoms with van der Waals surface area (Å²) in [5.41, 5.74) is 3.97. The smallest absolute Gasteiger partial charge is 0.248 e. The maximum absolute atomic E-state index is 13.8. The molecule has 2 aliphatic heterocycles. The molecule has 2 aromatic carbocycles. The zero-order valence-corrected chi connectivity index (χ0v) is 28.2. The number of alkyl halides is 2. The molecular formula is C33H48ClF2N5S2. The Hall–Kier alpha value is -1.07. The summed E-state index contributed by atoms with van der Waals surface area (Å²) >= 11 is 10.0. The minimum Gasteiger partial charge on any atom is -0.378 e. The monoisotopic (exact) mass is 651 g/mol. The molecule has 0 atom stereocenters. The Kier molecular flexibility index (Phi) is 12.4. The largest absolute Gasteiger partial charge is 0.378 e. The average Bonchev–Trinajstić information content (AvgIpc) is 2.97. The molecule has 10 heteroatoms. The Morgan fingerprint density at radius 3 is 2.14 bits per heavy atom. The van der Waals surface area contributed by atoms with Gasteiger partial charge in [0.2, 0.25) is 5.92 Å².